The fraction of sp³-hybridized carbons (Fsp3) is 0.750. The predicted octanol–water partition coefficient (Wildman–Crippen LogP) is 4.82. The molecule has 1 heterocycles. The van der Waals surface area contributed by atoms with E-state index in [2.05, 4.69) is 46.8 Å². The standard InChI is InChI=1S/C28H40O5/c1-16(2)17(3)7-8-18(4)20-10-12-28(27(20,6)15-24(31)33-28)22-14-23(30)21-13-19(29)9-11-26(21,5)25(22)32/h7-8,14,16-21,29H,9-13,15H2,1-6H3/b8-7+/t17-,18+,19+,20+,21-,26-,27+,28+/m0/s1. The summed E-state index contributed by atoms with van der Waals surface area (Å²) in [7, 11) is 0. The Balaban J connectivity index is 1.71. The molecule has 0 unspecified atom stereocenters. The minimum atomic E-state index is -1.03. The Labute approximate surface area is 198 Å². The first kappa shape index (κ1) is 24.4. The van der Waals surface area contributed by atoms with Crippen molar-refractivity contribution in [1.82, 2.24) is 0 Å². The average Bonchev–Trinajstić information content (AvgIpc) is 3.16. The number of carbonyl (C=O) groups excluding carboxylic acids is 3. The predicted molar refractivity (Wildman–Crippen MR) is 126 cm³/mol. The molecular formula is C28H40O5. The average molecular weight is 457 g/mol. The van der Waals surface area contributed by atoms with Crippen molar-refractivity contribution < 1.29 is 24.2 Å². The van der Waals surface area contributed by atoms with E-state index in [1.54, 1.807) is 0 Å². The lowest BCUT2D eigenvalue weighted by Gasteiger charge is -2.48. The number of Topliss-reactive ketones (excluding diaryl/α,β-unsaturated/α-hetero) is 1. The van der Waals surface area contributed by atoms with Crippen molar-refractivity contribution in [2.24, 2.45) is 40.4 Å². The molecule has 0 aromatic carbocycles. The Bertz CT molecular complexity index is 915. The molecule has 3 aliphatic carbocycles. The SMILES string of the molecule is CC(C)[C@@H](C)/C=C/[C@@H](C)[C@H]1CC[C@]2(C3=CC(=O)[C@@H]4C[C@H](O)CC[C@]4(C)C3=O)OC(=O)C[C@]12C. The van der Waals surface area contributed by atoms with Crippen molar-refractivity contribution in [2.45, 2.75) is 91.8 Å². The second-order valence-electron chi connectivity index (χ2n) is 12.1. The number of fused-ring (bicyclic) bond motifs is 2. The van der Waals surface area contributed by atoms with Gasteiger partial charge < -0.3 is 9.84 Å². The molecule has 0 radical (unpaired) electrons. The first-order chi connectivity index (χ1) is 15.4. The Kier molecular flexibility index (Phi) is 6.04. The van der Waals surface area contributed by atoms with Crippen LogP contribution in [0.15, 0.2) is 23.8 Å². The fourth-order valence-electron chi connectivity index (χ4n) is 7.19. The quantitative estimate of drug-likeness (QED) is 0.474. The van der Waals surface area contributed by atoms with Crippen LogP contribution in [0.25, 0.3) is 0 Å². The van der Waals surface area contributed by atoms with Crippen LogP contribution in [0.4, 0.5) is 0 Å². The first-order valence-electron chi connectivity index (χ1n) is 12.7. The van der Waals surface area contributed by atoms with Crippen molar-refractivity contribution in [3.63, 3.8) is 0 Å². The lowest BCUT2D eigenvalue weighted by molar-refractivity contribution is -0.152. The number of ether oxygens (including phenoxy) is 1. The molecule has 0 amide bonds. The zero-order valence-corrected chi connectivity index (χ0v) is 21.0. The molecule has 5 nitrogen and oxygen atoms in total. The van der Waals surface area contributed by atoms with Gasteiger partial charge in [-0.05, 0) is 61.9 Å². The zero-order valence-electron chi connectivity index (χ0n) is 21.0. The molecule has 3 fully saturated rings. The van der Waals surface area contributed by atoms with Crippen LogP contribution >= 0.6 is 0 Å². The summed E-state index contributed by atoms with van der Waals surface area (Å²) in [5.41, 5.74) is -1.99. The summed E-state index contributed by atoms with van der Waals surface area (Å²) in [6, 6.07) is 0. The monoisotopic (exact) mass is 456 g/mol. The van der Waals surface area contributed by atoms with Crippen LogP contribution in [0, 0.1) is 40.4 Å². The van der Waals surface area contributed by atoms with E-state index in [9.17, 15) is 19.5 Å². The Hall–Kier alpha value is -1.75. The fourth-order valence-corrected chi connectivity index (χ4v) is 7.19. The van der Waals surface area contributed by atoms with Crippen molar-refractivity contribution in [3.8, 4) is 0 Å². The Morgan fingerprint density at radius 2 is 1.76 bits per heavy atom. The van der Waals surface area contributed by atoms with Crippen molar-refractivity contribution >= 4 is 17.5 Å². The van der Waals surface area contributed by atoms with Crippen LogP contribution in [-0.2, 0) is 19.1 Å². The molecule has 2 saturated carbocycles. The molecule has 1 N–H and O–H groups in total. The highest BCUT2D eigenvalue weighted by Crippen LogP contribution is 2.65. The van der Waals surface area contributed by atoms with E-state index in [0.717, 1.165) is 6.42 Å². The number of allylic oxidation sites excluding steroid dienone is 3. The molecule has 1 aliphatic heterocycles. The number of hydrogen-bond acceptors (Lipinski definition) is 5. The molecule has 33 heavy (non-hydrogen) atoms. The summed E-state index contributed by atoms with van der Waals surface area (Å²) in [6.45, 7) is 12.8. The number of hydrogen-bond donors (Lipinski definition) is 1. The molecular weight excluding hydrogens is 416 g/mol. The van der Waals surface area contributed by atoms with Gasteiger partial charge in [-0.25, -0.2) is 0 Å². The third-order valence-corrected chi connectivity index (χ3v) is 9.85. The maximum absolute atomic E-state index is 14.0. The number of ketones is 2. The summed E-state index contributed by atoms with van der Waals surface area (Å²) in [6.07, 6.45) is 8.49. The van der Waals surface area contributed by atoms with Gasteiger partial charge in [0.15, 0.2) is 11.6 Å². The third-order valence-electron chi connectivity index (χ3n) is 9.85. The summed E-state index contributed by atoms with van der Waals surface area (Å²) in [5.74, 6) is 0.506. The van der Waals surface area contributed by atoms with Gasteiger partial charge >= 0.3 is 5.97 Å². The van der Waals surface area contributed by atoms with Crippen molar-refractivity contribution in [1.29, 1.82) is 0 Å². The van der Waals surface area contributed by atoms with Gasteiger partial charge in [0.1, 0.15) is 5.60 Å². The maximum Gasteiger partial charge on any atom is 0.307 e. The molecule has 1 saturated heterocycles. The van der Waals surface area contributed by atoms with E-state index in [1.807, 2.05) is 6.92 Å². The minimum absolute atomic E-state index is 0.0581. The van der Waals surface area contributed by atoms with E-state index in [4.69, 9.17) is 4.74 Å². The van der Waals surface area contributed by atoms with E-state index in [-0.39, 0.29) is 35.8 Å². The van der Waals surface area contributed by atoms with E-state index in [1.165, 1.54) is 6.08 Å². The summed E-state index contributed by atoms with van der Waals surface area (Å²) < 4.78 is 6.07. The van der Waals surface area contributed by atoms with E-state index >= 15 is 0 Å². The number of carbonyl (C=O) groups is 3. The first-order valence-corrected chi connectivity index (χ1v) is 12.7. The molecule has 0 aromatic heterocycles. The maximum atomic E-state index is 14.0. The molecule has 4 aliphatic rings. The zero-order chi connectivity index (χ0) is 24.3. The Morgan fingerprint density at radius 3 is 2.42 bits per heavy atom. The van der Waals surface area contributed by atoms with Crippen LogP contribution in [0.5, 0.6) is 0 Å². The molecule has 182 valence electrons. The highest BCUT2D eigenvalue weighted by Gasteiger charge is 2.70. The van der Waals surface area contributed by atoms with Gasteiger partial charge in [0.05, 0.1) is 12.5 Å². The van der Waals surface area contributed by atoms with Crippen molar-refractivity contribution in [2.75, 3.05) is 0 Å². The largest absolute Gasteiger partial charge is 0.453 e. The second kappa shape index (κ2) is 8.18. The minimum Gasteiger partial charge on any atom is -0.453 e. The topological polar surface area (TPSA) is 80.7 Å². The molecule has 0 aromatic rings. The second-order valence-corrected chi connectivity index (χ2v) is 12.1. The van der Waals surface area contributed by atoms with Gasteiger partial charge in [-0.1, -0.05) is 53.7 Å². The number of aliphatic hydroxyl groups is 1. The van der Waals surface area contributed by atoms with Gasteiger partial charge in [-0.15, -0.1) is 0 Å². The smallest absolute Gasteiger partial charge is 0.307 e. The number of esters is 1. The molecule has 8 atom stereocenters. The van der Waals surface area contributed by atoms with E-state index < -0.39 is 28.5 Å². The van der Waals surface area contributed by atoms with Gasteiger partial charge in [0, 0.05) is 22.3 Å². The van der Waals surface area contributed by atoms with Crippen LogP contribution in [0.1, 0.15) is 80.1 Å². The van der Waals surface area contributed by atoms with Crippen molar-refractivity contribution in [3.05, 3.63) is 23.8 Å². The molecule has 4 rings (SSSR count). The Morgan fingerprint density at radius 1 is 1.06 bits per heavy atom. The van der Waals surface area contributed by atoms with Crippen LogP contribution < -0.4 is 0 Å². The lowest BCUT2D eigenvalue weighted by Crippen LogP contribution is -2.55. The van der Waals surface area contributed by atoms with Crippen LogP contribution in [-0.4, -0.2) is 34.3 Å². The number of aliphatic hydroxyl groups excluding tert-OH is 1. The van der Waals surface area contributed by atoms with Gasteiger partial charge in [0.25, 0.3) is 0 Å². The third kappa shape index (κ3) is 3.57. The summed E-state index contributed by atoms with van der Waals surface area (Å²) in [5, 5.41) is 10.1. The number of rotatable bonds is 5. The van der Waals surface area contributed by atoms with Gasteiger partial charge in [-0.2, -0.15) is 0 Å². The van der Waals surface area contributed by atoms with Gasteiger partial charge in [-0.3, -0.25) is 14.4 Å². The van der Waals surface area contributed by atoms with Crippen LogP contribution in [0.2, 0.25) is 0 Å². The molecule has 0 bridgehead atoms. The van der Waals surface area contributed by atoms with Crippen LogP contribution in [0.3, 0.4) is 0 Å². The highest BCUT2D eigenvalue weighted by atomic mass is 16.6. The normalized spacial score (nSPS) is 42.8. The van der Waals surface area contributed by atoms with Gasteiger partial charge in [0.2, 0.25) is 0 Å². The molecule has 5 heteroatoms. The summed E-state index contributed by atoms with van der Waals surface area (Å²) in [4.78, 5) is 39.9. The van der Waals surface area contributed by atoms with E-state index in [0.29, 0.717) is 43.1 Å². The lowest BCUT2D eigenvalue weighted by atomic mass is 9.55. The molecule has 0 spiro atoms. The summed E-state index contributed by atoms with van der Waals surface area (Å²) >= 11 is 0. The highest BCUT2D eigenvalue weighted by molar-refractivity contribution is 6.14.